The molecule has 0 fully saturated rings. The number of sulfone groups is 1. The van der Waals surface area contributed by atoms with Crippen LogP contribution in [0.2, 0.25) is 10.0 Å². The van der Waals surface area contributed by atoms with E-state index in [2.05, 4.69) is 4.36 Å². The van der Waals surface area contributed by atoms with Crippen LogP contribution in [0.4, 0.5) is 0 Å². The van der Waals surface area contributed by atoms with Crippen molar-refractivity contribution in [2.45, 2.75) is 9.79 Å². The van der Waals surface area contributed by atoms with E-state index in [1.165, 1.54) is 42.7 Å². The second-order valence-electron chi connectivity index (χ2n) is 4.92. The predicted octanol–water partition coefficient (Wildman–Crippen LogP) is 4.29. The van der Waals surface area contributed by atoms with Gasteiger partial charge in [0, 0.05) is 21.2 Å². The van der Waals surface area contributed by atoms with E-state index >= 15 is 0 Å². The fourth-order valence-electron chi connectivity index (χ4n) is 1.80. The third-order valence-corrected chi connectivity index (χ3v) is 6.97. The molecule has 0 saturated carbocycles. The van der Waals surface area contributed by atoms with Crippen LogP contribution in [-0.4, -0.2) is 18.9 Å². The van der Waals surface area contributed by atoms with Gasteiger partial charge in [0.1, 0.15) is 6.07 Å². The molecule has 0 saturated heterocycles. The first kappa shape index (κ1) is 19.5. The van der Waals surface area contributed by atoms with E-state index < -0.39 is 24.5 Å². The number of allylic oxidation sites excluding steroid dienone is 1. The zero-order chi connectivity index (χ0) is 18.7. The molecule has 0 aliphatic heterocycles. The molecule has 2 aromatic carbocycles. The molecule has 0 bridgehead atoms. The van der Waals surface area contributed by atoms with Crippen molar-refractivity contribution in [2.24, 2.45) is 4.36 Å². The highest BCUT2D eigenvalue weighted by atomic mass is 35.5. The van der Waals surface area contributed by atoms with Crippen LogP contribution in [-0.2, 0) is 19.6 Å². The maximum atomic E-state index is 12.7. The van der Waals surface area contributed by atoms with Crippen molar-refractivity contribution in [2.75, 3.05) is 6.26 Å². The number of halogens is 2. The van der Waals surface area contributed by atoms with Crippen molar-refractivity contribution in [1.29, 1.82) is 5.26 Å². The monoisotopic (exact) mass is 414 g/mol. The lowest BCUT2D eigenvalue weighted by molar-refractivity contribution is 0.603. The Morgan fingerprint density at radius 1 is 0.960 bits per heavy atom. The summed E-state index contributed by atoms with van der Waals surface area (Å²) in [7, 11) is -7.01. The third kappa shape index (κ3) is 4.61. The van der Waals surface area contributed by atoms with Crippen molar-refractivity contribution in [3.05, 3.63) is 69.7 Å². The van der Waals surface area contributed by atoms with Crippen molar-refractivity contribution in [3.63, 3.8) is 0 Å². The van der Waals surface area contributed by atoms with Crippen LogP contribution >= 0.6 is 23.2 Å². The molecule has 0 radical (unpaired) electrons. The number of rotatable bonds is 4. The maximum Gasteiger partial charge on any atom is 0.218 e. The fourth-order valence-corrected chi connectivity index (χ4v) is 4.24. The van der Waals surface area contributed by atoms with E-state index in [0.29, 0.717) is 14.9 Å². The zero-order valence-corrected chi connectivity index (χ0v) is 16.0. The summed E-state index contributed by atoms with van der Waals surface area (Å²) in [4.78, 5) is -0.346. The second kappa shape index (κ2) is 7.58. The normalized spacial score (nSPS) is 14.4. The van der Waals surface area contributed by atoms with Crippen LogP contribution in [0.5, 0.6) is 0 Å². The highest BCUT2D eigenvalue weighted by Gasteiger charge is 2.21. The summed E-state index contributed by atoms with van der Waals surface area (Å²) in [5.41, 5.74) is 0. The van der Waals surface area contributed by atoms with E-state index in [9.17, 15) is 17.9 Å². The van der Waals surface area contributed by atoms with E-state index in [0.717, 1.165) is 6.20 Å². The average molecular weight is 415 g/mol. The van der Waals surface area contributed by atoms with Crippen molar-refractivity contribution in [3.8, 4) is 6.07 Å². The summed E-state index contributed by atoms with van der Waals surface area (Å²) >= 11 is 11.5. The van der Waals surface area contributed by atoms with Gasteiger partial charge in [0.2, 0.25) is 9.84 Å². The number of benzene rings is 2. The molecule has 1 atom stereocenters. The van der Waals surface area contributed by atoms with Crippen LogP contribution in [0.25, 0.3) is 0 Å². The SMILES string of the molecule is C[S@](=O)(=N/C=C(\C#N)S(=O)(=O)c1ccc(Cl)cc1)c1ccc(Cl)cc1. The minimum atomic E-state index is -4.08. The highest BCUT2D eigenvalue weighted by Crippen LogP contribution is 2.22. The molecule has 9 heteroatoms. The topological polar surface area (TPSA) is 87.4 Å². The third-order valence-electron chi connectivity index (χ3n) is 3.15. The number of nitrogens with zero attached hydrogens (tertiary/aromatic N) is 2. The van der Waals surface area contributed by atoms with Gasteiger partial charge in [0.15, 0.2) is 4.91 Å². The largest absolute Gasteiger partial charge is 0.245 e. The lowest BCUT2D eigenvalue weighted by atomic mass is 10.4. The summed E-state index contributed by atoms with van der Waals surface area (Å²) in [6.45, 7) is 0. The maximum absolute atomic E-state index is 12.7. The van der Waals surface area contributed by atoms with Crippen LogP contribution < -0.4 is 0 Å². The molecule has 0 unspecified atom stereocenters. The zero-order valence-electron chi connectivity index (χ0n) is 12.9. The van der Waals surface area contributed by atoms with Crippen LogP contribution in [0.1, 0.15) is 0 Å². The molecular weight excluding hydrogens is 403 g/mol. The Hall–Kier alpha value is -1.85. The van der Waals surface area contributed by atoms with E-state index in [4.69, 9.17) is 23.2 Å². The van der Waals surface area contributed by atoms with Crippen molar-refractivity contribution < 1.29 is 12.6 Å². The Morgan fingerprint density at radius 3 is 1.84 bits per heavy atom. The van der Waals surface area contributed by atoms with Gasteiger partial charge < -0.3 is 0 Å². The molecule has 0 N–H and O–H groups in total. The van der Waals surface area contributed by atoms with Crippen molar-refractivity contribution >= 4 is 42.8 Å². The number of nitriles is 1. The van der Waals surface area contributed by atoms with Gasteiger partial charge in [-0.3, -0.25) is 0 Å². The van der Waals surface area contributed by atoms with Gasteiger partial charge >= 0.3 is 0 Å². The lowest BCUT2D eigenvalue weighted by Crippen LogP contribution is -2.04. The van der Waals surface area contributed by atoms with Gasteiger partial charge in [-0.1, -0.05) is 23.2 Å². The second-order valence-corrected chi connectivity index (χ2v) is 10.0. The summed E-state index contributed by atoms with van der Waals surface area (Å²) in [5, 5.41) is 10.0. The van der Waals surface area contributed by atoms with Gasteiger partial charge in [0.05, 0.1) is 20.8 Å². The average Bonchev–Trinajstić information content (AvgIpc) is 2.56. The number of hydrogen-bond acceptors (Lipinski definition) is 5. The summed E-state index contributed by atoms with van der Waals surface area (Å²) < 4.78 is 41.4. The first-order chi connectivity index (χ1) is 11.7. The fraction of sp³-hybridized carbons (Fsp3) is 0.0625. The molecule has 0 aliphatic carbocycles. The summed E-state index contributed by atoms with van der Waals surface area (Å²) in [6.07, 6.45) is 2.16. The van der Waals surface area contributed by atoms with E-state index in [-0.39, 0.29) is 4.90 Å². The molecule has 2 rings (SSSR count). The molecule has 0 aliphatic rings. The molecule has 5 nitrogen and oxygen atoms in total. The highest BCUT2D eigenvalue weighted by molar-refractivity contribution is 7.95. The molecule has 0 aromatic heterocycles. The summed E-state index contributed by atoms with van der Waals surface area (Å²) in [5.74, 6) is 0. The quantitative estimate of drug-likeness (QED) is 0.697. The molecule has 130 valence electrons. The van der Waals surface area contributed by atoms with Crippen LogP contribution in [0.3, 0.4) is 0 Å². The minimum Gasteiger partial charge on any atom is -0.245 e. The first-order valence-corrected chi connectivity index (χ1v) is 10.9. The van der Waals surface area contributed by atoms with Crippen LogP contribution in [0, 0.1) is 11.3 Å². The van der Waals surface area contributed by atoms with Gasteiger partial charge in [-0.15, -0.1) is 0 Å². The van der Waals surface area contributed by atoms with Gasteiger partial charge in [-0.05, 0) is 48.5 Å². The molecule has 25 heavy (non-hydrogen) atoms. The van der Waals surface area contributed by atoms with Gasteiger partial charge in [-0.25, -0.2) is 17.0 Å². The molecule has 0 heterocycles. The van der Waals surface area contributed by atoms with E-state index in [1.807, 2.05) is 0 Å². The molecule has 0 spiro atoms. The molecular formula is C16H12Cl2N2O3S2. The van der Waals surface area contributed by atoms with E-state index in [1.54, 1.807) is 18.2 Å². The summed E-state index contributed by atoms with van der Waals surface area (Å²) in [6, 6.07) is 13.1. The Kier molecular flexibility index (Phi) is 5.91. The standard InChI is InChI=1S/C16H12Cl2N2O3S2/c1-24(21,14-6-2-12(17)3-7-14)20-11-16(10-19)25(22,23)15-8-4-13(18)5-9-15/h2-9,11H,1H3/b16-11+/t24-/m1/s1. The Morgan fingerprint density at radius 2 is 1.40 bits per heavy atom. The smallest absolute Gasteiger partial charge is 0.218 e. The molecule has 2 aromatic rings. The first-order valence-electron chi connectivity index (χ1n) is 6.74. The Labute approximate surface area is 156 Å². The Balaban J connectivity index is 2.49. The molecule has 0 amide bonds. The van der Waals surface area contributed by atoms with Gasteiger partial charge in [-0.2, -0.15) is 5.26 Å². The minimum absolute atomic E-state index is 0.103. The lowest BCUT2D eigenvalue weighted by Gasteiger charge is -2.04. The van der Waals surface area contributed by atoms with Crippen LogP contribution in [0.15, 0.2) is 73.8 Å². The van der Waals surface area contributed by atoms with Crippen molar-refractivity contribution in [1.82, 2.24) is 0 Å². The Bertz CT molecular complexity index is 1080. The predicted molar refractivity (Wildman–Crippen MR) is 98.5 cm³/mol. The van der Waals surface area contributed by atoms with Gasteiger partial charge in [0.25, 0.3) is 0 Å². The number of hydrogen-bond donors (Lipinski definition) is 0.